The van der Waals surface area contributed by atoms with Crippen LogP contribution in [0.25, 0.3) is 0 Å². The van der Waals surface area contributed by atoms with E-state index in [1.165, 1.54) is 19.2 Å². The van der Waals surface area contributed by atoms with Crippen LogP contribution in [0.1, 0.15) is 22.8 Å². The second-order valence-electron chi connectivity index (χ2n) is 4.81. The summed E-state index contributed by atoms with van der Waals surface area (Å²) in [5.74, 6) is -1.41. The molecule has 0 spiro atoms. The van der Waals surface area contributed by atoms with Crippen molar-refractivity contribution in [2.45, 2.75) is 18.2 Å². The number of nitrogens with one attached hydrogen (secondary N) is 1. The van der Waals surface area contributed by atoms with Crippen LogP contribution in [0.15, 0.2) is 47.4 Å². The first-order valence-electron chi connectivity index (χ1n) is 6.88. The van der Waals surface area contributed by atoms with Crippen molar-refractivity contribution in [2.24, 2.45) is 0 Å². The molecule has 2 aromatic rings. The van der Waals surface area contributed by atoms with E-state index in [-0.39, 0.29) is 16.2 Å². The first-order chi connectivity index (χ1) is 10.9. The summed E-state index contributed by atoms with van der Waals surface area (Å²) in [5, 5.41) is 10.9. The number of rotatable bonds is 6. The molecule has 0 saturated carbocycles. The Hall–Kier alpha value is -2.54. The van der Waals surface area contributed by atoms with Crippen LogP contribution in [-0.4, -0.2) is 21.5 Å². The fourth-order valence-corrected chi connectivity index (χ4v) is 3.29. The average Bonchev–Trinajstić information content (AvgIpc) is 2.54. The van der Waals surface area contributed by atoms with Crippen LogP contribution in [0.2, 0.25) is 0 Å². The Labute approximate surface area is 134 Å². The number of carboxylic acids is 1. The standard InChI is InChI=1S/C16H17NO5S/c1-3-11-4-7-13(8-5-11)17-23(20,21)15-10-12(16(18)19)6-9-14(15)22-2/h4-10,17H,3H2,1-2H3,(H,18,19)/p-1. The fourth-order valence-electron chi connectivity index (χ4n) is 2.03. The van der Waals surface area contributed by atoms with E-state index in [0.717, 1.165) is 18.1 Å². The summed E-state index contributed by atoms with van der Waals surface area (Å²) < 4.78 is 32.4. The highest BCUT2D eigenvalue weighted by Gasteiger charge is 2.20. The average molecular weight is 334 g/mol. The number of benzene rings is 2. The van der Waals surface area contributed by atoms with Crippen LogP contribution in [0.4, 0.5) is 5.69 Å². The molecule has 122 valence electrons. The Bertz CT molecular complexity index is 813. The highest BCUT2D eigenvalue weighted by Crippen LogP contribution is 2.27. The number of ether oxygens (including phenoxy) is 1. The van der Waals surface area contributed by atoms with Crippen LogP contribution in [0.3, 0.4) is 0 Å². The van der Waals surface area contributed by atoms with Crippen molar-refractivity contribution in [3.8, 4) is 5.75 Å². The third kappa shape index (κ3) is 3.81. The van der Waals surface area contributed by atoms with Gasteiger partial charge in [0.15, 0.2) is 0 Å². The molecule has 0 aliphatic rings. The minimum atomic E-state index is -4.00. The van der Waals surface area contributed by atoms with E-state index >= 15 is 0 Å². The van der Waals surface area contributed by atoms with Gasteiger partial charge < -0.3 is 14.6 Å². The number of aromatic carboxylic acids is 1. The SMILES string of the molecule is CCc1ccc(NS(=O)(=O)c2cc(C(=O)[O-])ccc2OC)cc1. The lowest BCUT2D eigenvalue weighted by Gasteiger charge is -2.13. The molecule has 0 radical (unpaired) electrons. The van der Waals surface area contributed by atoms with Crippen molar-refractivity contribution < 1.29 is 23.1 Å². The Morgan fingerprint density at radius 3 is 2.35 bits per heavy atom. The Morgan fingerprint density at radius 2 is 1.83 bits per heavy atom. The van der Waals surface area contributed by atoms with Crippen molar-refractivity contribution in [2.75, 3.05) is 11.8 Å². The molecular weight excluding hydrogens is 318 g/mol. The van der Waals surface area contributed by atoms with Gasteiger partial charge in [0.2, 0.25) is 0 Å². The van der Waals surface area contributed by atoms with Crippen LogP contribution in [-0.2, 0) is 16.4 Å². The van der Waals surface area contributed by atoms with E-state index in [1.807, 2.05) is 19.1 Å². The molecule has 0 heterocycles. The summed E-state index contributed by atoms with van der Waals surface area (Å²) in [7, 11) is -2.69. The number of carbonyl (C=O) groups is 1. The van der Waals surface area contributed by atoms with Crippen molar-refractivity contribution in [1.82, 2.24) is 0 Å². The van der Waals surface area contributed by atoms with Crippen LogP contribution in [0.5, 0.6) is 5.75 Å². The first kappa shape index (κ1) is 16.8. The van der Waals surface area contributed by atoms with E-state index in [9.17, 15) is 18.3 Å². The van der Waals surface area contributed by atoms with Crippen molar-refractivity contribution in [3.63, 3.8) is 0 Å². The summed E-state index contributed by atoms with van der Waals surface area (Å²) in [6, 6.07) is 10.4. The maximum Gasteiger partial charge on any atom is 0.265 e. The van der Waals surface area contributed by atoms with E-state index < -0.39 is 16.0 Å². The van der Waals surface area contributed by atoms with E-state index in [1.54, 1.807) is 12.1 Å². The molecule has 0 aliphatic carbocycles. The van der Waals surface area contributed by atoms with Gasteiger partial charge in [-0.3, -0.25) is 4.72 Å². The van der Waals surface area contributed by atoms with Crippen LogP contribution >= 0.6 is 0 Å². The van der Waals surface area contributed by atoms with Crippen molar-refractivity contribution in [3.05, 3.63) is 53.6 Å². The van der Waals surface area contributed by atoms with E-state index in [4.69, 9.17) is 4.74 Å². The molecule has 0 atom stereocenters. The summed E-state index contributed by atoms with van der Waals surface area (Å²) in [6.07, 6.45) is 0.842. The smallest absolute Gasteiger partial charge is 0.265 e. The zero-order valence-corrected chi connectivity index (χ0v) is 13.5. The van der Waals surface area contributed by atoms with E-state index in [0.29, 0.717) is 5.69 Å². The molecule has 0 aromatic heterocycles. The zero-order valence-electron chi connectivity index (χ0n) is 12.7. The summed E-state index contributed by atoms with van der Waals surface area (Å²) >= 11 is 0. The lowest BCUT2D eigenvalue weighted by molar-refractivity contribution is -0.255. The van der Waals surface area contributed by atoms with Gasteiger partial charge in [-0.15, -0.1) is 0 Å². The van der Waals surface area contributed by atoms with Gasteiger partial charge >= 0.3 is 0 Å². The van der Waals surface area contributed by atoms with Crippen molar-refractivity contribution in [1.29, 1.82) is 0 Å². The highest BCUT2D eigenvalue weighted by atomic mass is 32.2. The number of methoxy groups -OCH3 is 1. The maximum atomic E-state index is 12.5. The maximum absolute atomic E-state index is 12.5. The second kappa shape index (κ2) is 6.70. The molecule has 1 N–H and O–H groups in total. The molecule has 0 unspecified atom stereocenters. The van der Waals surface area contributed by atoms with Gasteiger partial charge in [0.1, 0.15) is 10.6 Å². The molecule has 23 heavy (non-hydrogen) atoms. The molecule has 7 heteroatoms. The molecule has 0 aliphatic heterocycles. The monoisotopic (exact) mass is 334 g/mol. The highest BCUT2D eigenvalue weighted by molar-refractivity contribution is 7.92. The number of carboxylic acid groups (broad SMARTS) is 1. The topological polar surface area (TPSA) is 95.5 Å². The summed E-state index contributed by atoms with van der Waals surface area (Å²) in [4.78, 5) is 10.7. The van der Waals surface area contributed by atoms with Gasteiger partial charge in [0, 0.05) is 5.69 Å². The molecule has 0 fully saturated rings. The van der Waals surface area contributed by atoms with Crippen molar-refractivity contribution >= 4 is 21.7 Å². The Balaban J connectivity index is 2.41. The number of carbonyl (C=O) groups excluding carboxylic acids is 1. The number of anilines is 1. The number of sulfonamides is 1. The molecule has 0 saturated heterocycles. The molecule has 2 aromatic carbocycles. The number of aryl methyl sites for hydroxylation is 1. The molecule has 6 nitrogen and oxygen atoms in total. The zero-order chi connectivity index (χ0) is 17.0. The number of hydrogen-bond acceptors (Lipinski definition) is 5. The van der Waals surface area contributed by atoms with Crippen LogP contribution in [0, 0.1) is 0 Å². The minimum Gasteiger partial charge on any atom is -0.545 e. The van der Waals surface area contributed by atoms with Gasteiger partial charge in [0.05, 0.1) is 13.1 Å². The van der Waals surface area contributed by atoms with Gasteiger partial charge in [0.25, 0.3) is 10.0 Å². The van der Waals surface area contributed by atoms with Gasteiger partial charge in [-0.2, -0.15) is 0 Å². The molecule has 0 amide bonds. The molecule has 2 rings (SSSR count). The summed E-state index contributed by atoms with van der Waals surface area (Å²) in [5.41, 5.74) is 1.21. The molecule has 0 bridgehead atoms. The quantitative estimate of drug-likeness (QED) is 0.862. The lowest BCUT2D eigenvalue weighted by atomic mass is 10.2. The largest absolute Gasteiger partial charge is 0.545 e. The van der Waals surface area contributed by atoms with Gasteiger partial charge in [-0.05, 0) is 47.9 Å². The fraction of sp³-hybridized carbons (Fsp3) is 0.188. The Morgan fingerprint density at radius 1 is 1.17 bits per heavy atom. The Kier molecular flexibility index (Phi) is 4.90. The second-order valence-corrected chi connectivity index (χ2v) is 6.46. The summed E-state index contributed by atoms with van der Waals surface area (Å²) in [6.45, 7) is 2.00. The third-order valence-corrected chi connectivity index (χ3v) is 4.71. The van der Waals surface area contributed by atoms with E-state index in [2.05, 4.69) is 4.72 Å². The van der Waals surface area contributed by atoms with Crippen LogP contribution < -0.4 is 14.6 Å². The van der Waals surface area contributed by atoms with Gasteiger partial charge in [-0.25, -0.2) is 8.42 Å². The predicted molar refractivity (Wildman–Crippen MR) is 84.0 cm³/mol. The minimum absolute atomic E-state index is 0.0488. The lowest BCUT2D eigenvalue weighted by Crippen LogP contribution is -2.23. The predicted octanol–water partition coefficient (Wildman–Crippen LogP) is 1.42. The third-order valence-electron chi connectivity index (χ3n) is 3.30. The molecular formula is C16H16NO5S-. The number of hydrogen-bond donors (Lipinski definition) is 1. The normalized spacial score (nSPS) is 11.0. The van der Waals surface area contributed by atoms with Gasteiger partial charge in [-0.1, -0.05) is 19.1 Å². The first-order valence-corrected chi connectivity index (χ1v) is 8.37.